The van der Waals surface area contributed by atoms with Crippen LogP contribution in [-0.4, -0.2) is 29.1 Å². The summed E-state index contributed by atoms with van der Waals surface area (Å²) in [5.41, 5.74) is 1.39. The van der Waals surface area contributed by atoms with Gasteiger partial charge in [-0.3, -0.25) is 4.98 Å². The maximum atomic E-state index is 11.3. The predicted octanol–water partition coefficient (Wildman–Crippen LogP) is 1.11. The van der Waals surface area contributed by atoms with Gasteiger partial charge in [-0.2, -0.15) is 0 Å². The molecule has 2 radical (unpaired) electrons. The van der Waals surface area contributed by atoms with Gasteiger partial charge in [0.2, 0.25) is 0 Å². The van der Waals surface area contributed by atoms with Crippen molar-refractivity contribution >= 4 is 19.4 Å². The maximum absolute atomic E-state index is 11.3. The second-order valence-corrected chi connectivity index (χ2v) is 4.32. The molecule has 1 N–H and O–H groups in total. The molecule has 88 valence electrons. The SMILES string of the molecule is [B]c1cc(-c2noc(C3CC3)c2C(=O)O)ccn1. The molecule has 1 aliphatic carbocycles. The maximum Gasteiger partial charge on any atom is 0.341 e. The lowest BCUT2D eigenvalue weighted by atomic mass is 9.98. The lowest BCUT2D eigenvalue weighted by Crippen LogP contribution is -2.08. The van der Waals surface area contributed by atoms with Crippen molar-refractivity contribution in [3.63, 3.8) is 0 Å². The highest BCUT2D eigenvalue weighted by Crippen LogP contribution is 2.43. The molecule has 0 saturated heterocycles. The molecule has 0 spiro atoms. The monoisotopic (exact) mass is 240 g/mol. The van der Waals surface area contributed by atoms with Crippen molar-refractivity contribution in [2.45, 2.75) is 18.8 Å². The van der Waals surface area contributed by atoms with Crippen molar-refractivity contribution in [3.8, 4) is 11.3 Å². The van der Waals surface area contributed by atoms with Crippen molar-refractivity contribution in [2.75, 3.05) is 0 Å². The molecule has 0 aromatic carbocycles. The molecule has 1 saturated carbocycles. The van der Waals surface area contributed by atoms with Crippen LogP contribution in [0.15, 0.2) is 22.9 Å². The van der Waals surface area contributed by atoms with Gasteiger partial charge in [0, 0.05) is 17.7 Å². The molecule has 6 heteroatoms. The first-order valence-corrected chi connectivity index (χ1v) is 5.61. The van der Waals surface area contributed by atoms with Crippen LogP contribution in [0.3, 0.4) is 0 Å². The van der Waals surface area contributed by atoms with Crippen LogP contribution in [0, 0.1) is 0 Å². The van der Waals surface area contributed by atoms with E-state index in [-0.39, 0.29) is 11.5 Å². The molecule has 18 heavy (non-hydrogen) atoms. The van der Waals surface area contributed by atoms with E-state index in [2.05, 4.69) is 10.1 Å². The first kappa shape index (κ1) is 11.0. The number of carboxylic acid groups (broad SMARTS) is 1. The second-order valence-electron chi connectivity index (χ2n) is 4.32. The number of hydrogen-bond donors (Lipinski definition) is 1. The Balaban J connectivity index is 2.14. The van der Waals surface area contributed by atoms with Crippen LogP contribution in [0.5, 0.6) is 0 Å². The van der Waals surface area contributed by atoms with E-state index in [1.54, 1.807) is 12.1 Å². The minimum atomic E-state index is -1.02. The molecule has 0 atom stereocenters. The average molecular weight is 240 g/mol. The minimum Gasteiger partial charge on any atom is -0.477 e. The van der Waals surface area contributed by atoms with E-state index < -0.39 is 5.97 Å². The van der Waals surface area contributed by atoms with Crippen LogP contribution in [0.1, 0.15) is 34.9 Å². The van der Waals surface area contributed by atoms with Gasteiger partial charge < -0.3 is 9.63 Å². The zero-order valence-electron chi connectivity index (χ0n) is 9.46. The van der Waals surface area contributed by atoms with Gasteiger partial charge in [-0.25, -0.2) is 4.79 Å². The summed E-state index contributed by atoms with van der Waals surface area (Å²) in [4.78, 5) is 15.2. The van der Waals surface area contributed by atoms with E-state index >= 15 is 0 Å². The average Bonchev–Trinajstić information content (AvgIpc) is 3.07. The topological polar surface area (TPSA) is 76.2 Å². The van der Waals surface area contributed by atoms with Crippen LogP contribution in [0.4, 0.5) is 0 Å². The lowest BCUT2D eigenvalue weighted by Gasteiger charge is -2.00. The van der Waals surface area contributed by atoms with E-state index in [1.165, 1.54) is 6.20 Å². The van der Waals surface area contributed by atoms with Gasteiger partial charge in [0.1, 0.15) is 19.1 Å². The Morgan fingerprint density at radius 1 is 1.50 bits per heavy atom. The third kappa shape index (κ3) is 1.79. The molecule has 2 aromatic rings. The van der Waals surface area contributed by atoms with Crippen LogP contribution >= 0.6 is 0 Å². The van der Waals surface area contributed by atoms with Crippen molar-refractivity contribution in [1.82, 2.24) is 10.1 Å². The van der Waals surface area contributed by atoms with E-state index in [9.17, 15) is 9.90 Å². The smallest absolute Gasteiger partial charge is 0.341 e. The molecule has 1 fully saturated rings. The van der Waals surface area contributed by atoms with Gasteiger partial charge in [0.15, 0.2) is 5.76 Å². The van der Waals surface area contributed by atoms with Gasteiger partial charge in [-0.1, -0.05) is 5.16 Å². The fourth-order valence-corrected chi connectivity index (χ4v) is 1.93. The van der Waals surface area contributed by atoms with E-state index in [0.29, 0.717) is 22.6 Å². The van der Waals surface area contributed by atoms with Gasteiger partial charge >= 0.3 is 5.97 Å². The molecule has 0 unspecified atom stereocenters. The Hall–Kier alpha value is -2.11. The Morgan fingerprint density at radius 3 is 2.89 bits per heavy atom. The van der Waals surface area contributed by atoms with Gasteiger partial charge in [0.05, 0.1) is 0 Å². The summed E-state index contributed by atoms with van der Waals surface area (Å²) in [6.07, 6.45) is 3.42. The molecule has 2 heterocycles. The fraction of sp³-hybridized carbons (Fsp3) is 0.250. The van der Waals surface area contributed by atoms with Gasteiger partial charge in [0.25, 0.3) is 0 Å². The number of nitrogens with zero attached hydrogens (tertiary/aromatic N) is 2. The number of hydrogen-bond acceptors (Lipinski definition) is 4. The summed E-state index contributed by atoms with van der Waals surface area (Å²) in [7, 11) is 5.58. The Kier molecular flexibility index (Phi) is 2.43. The molecule has 1 aliphatic rings. The lowest BCUT2D eigenvalue weighted by molar-refractivity contribution is 0.0695. The molecular formula is C12H9BN2O3. The summed E-state index contributed by atoms with van der Waals surface area (Å²) < 4.78 is 5.18. The Morgan fingerprint density at radius 2 is 2.28 bits per heavy atom. The quantitative estimate of drug-likeness (QED) is 0.813. The standard InChI is InChI=1S/C12H9BN2O3/c13-8-5-7(3-4-14-8)10-9(12(16)17)11(18-15-10)6-1-2-6/h3-6H,1-2H2,(H,16,17). The van der Waals surface area contributed by atoms with E-state index in [0.717, 1.165) is 12.8 Å². The minimum absolute atomic E-state index is 0.142. The van der Waals surface area contributed by atoms with Crippen molar-refractivity contribution in [3.05, 3.63) is 29.7 Å². The number of rotatable bonds is 3. The molecule has 0 aliphatic heterocycles. The highest BCUT2D eigenvalue weighted by Gasteiger charge is 2.35. The summed E-state index contributed by atoms with van der Waals surface area (Å²) in [6, 6.07) is 3.25. The summed E-state index contributed by atoms with van der Waals surface area (Å²) in [5, 5.41) is 13.2. The fourth-order valence-electron chi connectivity index (χ4n) is 1.93. The van der Waals surface area contributed by atoms with Crippen LogP contribution in [-0.2, 0) is 0 Å². The molecular weight excluding hydrogens is 231 g/mol. The van der Waals surface area contributed by atoms with Gasteiger partial charge in [-0.05, 0) is 30.6 Å². The van der Waals surface area contributed by atoms with Crippen molar-refractivity contribution in [1.29, 1.82) is 0 Å². The van der Waals surface area contributed by atoms with Crippen LogP contribution < -0.4 is 5.59 Å². The second kappa shape index (κ2) is 3.98. The van der Waals surface area contributed by atoms with Crippen LogP contribution in [0.2, 0.25) is 0 Å². The number of carboxylic acids is 1. The largest absolute Gasteiger partial charge is 0.477 e. The Bertz CT molecular complexity index is 620. The zero-order chi connectivity index (χ0) is 12.7. The predicted molar refractivity (Wildman–Crippen MR) is 64.1 cm³/mol. The number of aromatic nitrogens is 2. The first-order chi connectivity index (χ1) is 8.66. The number of aromatic carboxylic acids is 1. The molecule has 0 amide bonds. The van der Waals surface area contributed by atoms with E-state index in [4.69, 9.17) is 12.4 Å². The van der Waals surface area contributed by atoms with Crippen molar-refractivity contribution < 1.29 is 14.4 Å². The first-order valence-electron chi connectivity index (χ1n) is 5.61. The third-order valence-electron chi connectivity index (χ3n) is 2.94. The van der Waals surface area contributed by atoms with Crippen LogP contribution in [0.25, 0.3) is 11.3 Å². The molecule has 5 nitrogen and oxygen atoms in total. The normalized spacial score (nSPS) is 14.7. The molecule has 0 bridgehead atoms. The van der Waals surface area contributed by atoms with E-state index in [1.807, 2.05) is 0 Å². The molecule has 2 aromatic heterocycles. The Labute approximate surface area is 104 Å². The summed E-state index contributed by atoms with van der Waals surface area (Å²) >= 11 is 0. The third-order valence-corrected chi connectivity index (χ3v) is 2.94. The zero-order valence-corrected chi connectivity index (χ0v) is 9.46. The highest BCUT2D eigenvalue weighted by atomic mass is 16.5. The summed E-state index contributed by atoms with van der Waals surface area (Å²) in [6.45, 7) is 0. The number of pyridine rings is 1. The highest BCUT2D eigenvalue weighted by molar-refractivity contribution is 6.30. The molecule has 3 rings (SSSR count). The number of carbonyl (C=O) groups is 1. The van der Waals surface area contributed by atoms with Gasteiger partial charge in [-0.15, -0.1) is 0 Å². The van der Waals surface area contributed by atoms with Crippen molar-refractivity contribution in [2.24, 2.45) is 0 Å². The summed E-state index contributed by atoms with van der Waals surface area (Å²) in [5.74, 6) is -0.368.